The second kappa shape index (κ2) is 5.45. The van der Waals surface area contributed by atoms with Crippen molar-refractivity contribution in [1.29, 1.82) is 0 Å². The maximum absolute atomic E-state index is 9.66. The van der Waals surface area contributed by atoms with Crippen LogP contribution in [0.25, 0.3) is 0 Å². The lowest BCUT2D eigenvalue weighted by Gasteiger charge is -2.38. The van der Waals surface area contributed by atoms with Crippen molar-refractivity contribution in [3.05, 3.63) is 0 Å². The van der Waals surface area contributed by atoms with E-state index in [0.717, 1.165) is 12.8 Å². The number of rotatable bonds is 2. The van der Waals surface area contributed by atoms with Gasteiger partial charge < -0.3 is 20.3 Å². The van der Waals surface area contributed by atoms with Gasteiger partial charge in [0.05, 0.1) is 18.3 Å². The van der Waals surface area contributed by atoms with Gasteiger partial charge in [0.25, 0.3) is 0 Å². The molecule has 2 rings (SSSR count). The van der Waals surface area contributed by atoms with Crippen LogP contribution in [-0.2, 0) is 9.47 Å². The molecule has 4 nitrogen and oxygen atoms in total. The van der Waals surface area contributed by atoms with Gasteiger partial charge in [0.15, 0.2) is 6.29 Å². The highest BCUT2D eigenvalue weighted by Gasteiger charge is 2.34. The molecule has 2 fully saturated rings. The number of hydrogen-bond acceptors (Lipinski definition) is 4. The van der Waals surface area contributed by atoms with E-state index in [4.69, 9.17) is 15.2 Å². The molecule has 1 saturated heterocycles. The van der Waals surface area contributed by atoms with Crippen LogP contribution in [0.15, 0.2) is 0 Å². The van der Waals surface area contributed by atoms with Crippen molar-refractivity contribution in [2.75, 3.05) is 0 Å². The van der Waals surface area contributed by atoms with Crippen LogP contribution < -0.4 is 5.73 Å². The summed E-state index contributed by atoms with van der Waals surface area (Å²) in [5, 5.41) is 9.66. The fraction of sp³-hybridized carbons (Fsp3) is 1.00. The van der Waals surface area contributed by atoms with Gasteiger partial charge in [0, 0.05) is 12.5 Å². The Hall–Kier alpha value is -0.160. The zero-order chi connectivity index (χ0) is 11.5. The molecule has 4 heteroatoms. The Kier molecular flexibility index (Phi) is 4.19. The number of hydrogen-bond donors (Lipinski definition) is 2. The SMILES string of the molecule is C[C@@H]1O[C@H](OC2CCCCC2)C[C@H](N)[C@@H]1O. The maximum Gasteiger partial charge on any atom is 0.160 e. The van der Waals surface area contributed by atoms with Gasteiger partial charge in [-0.3, -0.25) is 0 Å². The monoisotopic (exact) mass is 229 g/mol. The lowest BCUT2D eigenvalue weighted by Crippen LogP contribution is -2.52. The first-order valence-corrected chi connectivity index (χ1v) is 6.41. The predicted octanol–water partition coefficient (Wildman–Crippen LogP) is 1.16. The molecule has 1 heterocycles. The molecule has 1 aliphatic heterocycles. The van der Waals surface area contributed by atoms with Crippen LogP contribution >= 0.6 is 0 Å². The molecule has 3 N–H and O–H groups in total. The summed E-state index contributed by atoms with van der Waals surface area (Å²) < 4.78 is 11.5. The summed E-state index contributed by atoms with van der Waals surface area (Å²) in [6.07, 6.45) is 6.00. The van der Waals surface area contributed by atoms with Crippen LogP contribution in [0.4, 0.5) is 0 Å². The molecule has 2 aliphatic rings. The van der Waals surface area contributed by atoms with Crippen LogP contribution in [0.1, 0.15) is 45.4 Å². The normalized spacial score (nSPS) is 42.2. The van der Waals surface area contributed by atoms with Crippen molar-refractivity contribution < 1.29 is 14.6 Å². The Bertz CT molecular complexity index is 206. The minimum atomic E-state index is -0.564. The highest BCUT2D eigenvalue weighted by Crippen LogP contribution is 2.26. The molecule has 0 aromatic carbocycles. The Labute approximate surface area is 97.1 Å². The van der Waals surface area contributed by atoms with Crippen molar-refractivity contribution >= 4 is 0 Å². The fourth-order valence-electron chi connectivity index (χ4n) is 2.59. The highest BCUT2D eigenvalue weighted by atomic mass is 16.7. The molecular formula is C12H23NO3. The zero-order valence-corrected chi connectivity index (χ0v) is 9.97. The minimum Gasteiger partial charge on any atom is -0.389 e. The second-order valence-corrected chi connectivity index (χ2v) is 5.06. The van der Waals surface area contributed by atoms with Crippen molar-refractivity contribution in [3.63, 3.8) is 0 Å². The maximum atomic E-state index is 9.66. The minimum absolute atomic E-state index is 0.225. The van der Waals surface area contributed by atoms with Crippen LogP contribution in [0, 0.1) is 0 Å². The summed E-state index contributed by atoms with van der Waals surface area (Å²) in [5.41, 5.74) is 5.85. The van der Waals surface area contributed by atoms with Gasteiger partial charge in [-0.2, -0.15) is 0 Å². The average molecular weight is 229 g/mol. The molecule has 16 heavy (non-hydrogen) atoms. The van der Waals surface area contributed by atoms with E-state index < -0.39 is 6.10 Å². The molecule has 0 bridgehead atoms. The van der Waals surface area contributed by atoms with Gasteiger partial charge in [-0.05, 0) is 19.8 Å². The quantitative estimate of drug-likeness (QED) is 0.745. The lowest BCUT2D eigenvalue weighted by atomic mass is 9.97. The van der Waals surface area contributed by atoms with Gasteiger partial charge in [-0.15, -0.1) is 0 Å². The molecule has 0 aromatic rings. The van der Waals surface area contributed by atoms with E-state index >= 15 is 0 Å². The van der Waals surface area contributed by atoms with Gasteiger partial charge in [-0.1, -0.05) is 19.3 Å². The third-order valence-electron chi connectivity index (χ3n) is 3.65. The topological polar surface area (TPSA) is 64.7 Å². The van der Waals surface area contributed by atoms with E-state index in [1.807, 2.05) is 6.92 Å². The molecule has 0 radical (unpaired) electrons. The summed E-state index contributed by atoms with van der Waals surface area (Å²) in [7, 11) is 0. The molecule has 0 amide bonds. The van der Waals surface area contributed by atoms with Crippen molar-refractivity contribution in [2.24, 2.45) is 5.73 Å². The van der Waals surface area contributed by atoms with Gasteiger partial charge >= 0.3 is 0 Å². The molecule has 94 valence electrons. The Morgan fingerprint density at radius 1 is 1.25 bits per heavy atom. The summed E-state index contributed by atoms with van der Waals surface area (Å²) >= 11 is 0. The lowest BCUT2D eigenvalue weighted by molar-refractivity contribution is -0.241. The Balaban J connectivity index is 1.81. The summed E-state index contributed by atoms with van der Waals surface area (Å²) in [6, 6.07) is -0.225. The average Bonchev–Trinajstić information content (AvgIpc) is 2.27. The van der Waals surface area contributed by atoms with Gasteiger partial charge in [-0.25, -0.2) is 0 Å². The number of nitrogens with two attached hydrogens (primary N) is 1. The summed E-state index contributed by atoms with van der Waals surface area (Å²) in [5.74, 6) is 0. The zero-order valence-electron chi connectivity index (χ0n) is 9.97. The molecule has 4 atom stereocenters. The van der Waals surface area contributed by atoms with Crippen LogP contribution in [0.3, 0.4) is 0 Å². The molecule has 0 unspecified atom stereocenters. The second-order valence-electron chi connectivity index (χ2n) is 5.06. The number of ether oxygens (including phenoxy) is 2. The molecule has 0 spiro atoms. The van der Waals surface area contributed by atoms with E-state index in [-0.39, 0.29) is 18.4 Å². The van der Waals surface area contributed by atoms with E-state index in [9.17, 15) is 5.11 Å². The van der Waals surface area contributed by atoms with E-state index in [1.54, 1.807) is 0 Å². The van der Waals surface area contributed by atoms with Gasteiger partial charge in [0.2, 0.25) is 0 Å². The third kappa shape index (κ3) is 2.94. The summed E-state index contributed by atoms with van der Waals surface area (Å²) in [4.78, 5) is 0. The fourth-order valence-corrected chi connectivity index (χ4v) is 2.59. The van der Waals surface area contributed by atoms with Crippen molar-refractivity contribution in [2.45, 2.75) is 76.1 Å². The van der Waals surface area contributed by atoms with Crippen LogP contribution in [-0.4, -0.2) is 35.8 Å². The Morgan fingerprint density at radius 3 is 2.56 bits per heavy atom. The molecule has 0 aromatic heterocycles. The first kappa shape index (κ1) is 12.3. The van der Waals surface area contributed by atoms with Crippen LogP contribution in [0.2, 0.25) is 0 Å². The molecule has 1 aliphatic carbocycles. The van der Waals surface area contributed by atoms with E-state index in [1.165, 1.54) is 19.3 Å². The van der Waals surface area contributed by atoms with E-state index in [2.05, 4.69) is 0 Å². The largest absolute Gasteiger partial charge is 0.389 e. The van der Waals surface area contributed by atoms with Crippen LogP contribution in [0.5, 0.6) is 0 Å². The number of aliphatic hydroxyl groups excluding tert-OH is 1. The molecule has 1 saturated carbocycles. The molecular weight excluding hydrogens is 206 g/mol. The first-order valence-electron chi connectivity index (χ1n) is 6.41. The van der Waals surface area contributed by atoms with Gasteiger partial charge in [0.1, 0.15) is 0 Å². The third-order valence-corrected chi connectivity index (χ3v) is 3.65. The predicted molar refractivity (Wildman–Crippen MR) is 60.9 cm³/mol. The Morgan fingerprint density at radius 2 is 1.94 bits per heavy atom. The highest BCUT2D eigenvalue weighted by molar-refractivity contribution is 4.83. The van der Waals surface area contributed by atoms with Crippen molar-refractivity contribution in [3.8, 4) is 0 Å². The standard InChI is InChI=1S/C12H23NO3/c1-8-12(14)10(13)7-11(15-8)16-9-5-3-2-4-6-9/h8-12,14H,2-7,13H2,1H3/t8-,10-,11+,12+/m0/s1. The number of aliphatic hydroxyl groups is 1. The summed E-state index contributed by atoms with van der Waals surface area (Å²) in [6.45, 7) is 1.85. The smallest absolute Gasteiger partial charge is 0.160 e. The first-order chi connectivity index (χ1) is 7.66. The van der Waals surface area contributed by atoms with E-state index in [0.29, 0.717) is 12.5 Å². The van der Waals surface area contributed by atoms with Crippen molar-refractivity contribution in [1.82, 2.24) is 0 Å².